The van der Waals surface area contributed by atoms with Crippen LogP contribution >= 0.6 is 0 Å². The first-order chi connectivity index (χ1) is 12.8. The van der Waals surface area contributed by atoms with Crippen LogP contribution in [-0.2, 0) is 17.8 Å². The Balaban J connectivity index is 2.21. The van der Waals surface area contributed by atoms with Gasteiger partial charge in [0.25, 0.3) is 5.56 Å². The normalized spacial score (nSPS) is 10.8. The van der Waals surface area contributed by atoms with Crippen molar-refractivity contribution in [2.75, 3.05) is 17.7 Å². The predicted molar refractivity (Wildman–Crippen MR) is 98.7 cm³/mol. The van der Waals surface area contributed by atoms with Crippen LogP contribution in [0.4, 0.5) is 20.3 Å². The number of carbonyl (C=O) groups is 1. The van der Waals surface area contributed by atoms with E-state index < -0.39 is 28.8 Å². The van der Waals surface area contributed by atoms with E-state index in [0.29, 0.717) is 18.5 Å². The maximum absolute atomic E-state index is 13.3. The summed E-state index contributed by atoms with van der Waals surface area (Å²) in [4.78, 5) is 39.8. The lowest BCUT2D eigenvalue weighted by Gasteiger charge is -2.20. The van der Waals surface area contributed by atoms with E-state index >= 15 is 0 Å². The second-order valence-corrected chi connectivity index (χ2v) is 6.20. The van der Waals surface area contributed by atoms with Gasteiger partial charge >= 0.3 is 5.69 Å². The van der Waals surface area contributed by atoms with E-state index in [1.165, 1.54) is 17.7 Å². The van der Waals surface area contributed by atoms with Gasteiger partial charge in [0.05, 0.1) is 0 Å². The third-order valence-corrected chi connectivity index (χ3v) is 4.27. The molecule has 0 aliphatic rings. The molecule has 146 valence electrons. The highest BCUT2D eigenvalue weighted by atomic mass is 19.2. The summed E-state index contributed by atoms with van der Waals surface area (Å²) in [5.41, 5.74) is 4.92. The Morgan fingerprint density at radius 2 is 1.96 bits per heavy atom. The summed E-state index contributed by atoms with van der Waals surface area (Å²) in [5, 5.41) is 0. The Morgan fingerprint density at radius 1 is 1.26 bits per heavy atom. The summed E-state index contributed by atoms with van der Waals surface area (Å²) >= 11 is 0. The highest BCUT2D eigenvalue weighted by molar-refractivity contribution is 5.95. The minimum Gasteiger partial charge on any atom is -0.383 e. The second-order valence-electron chi connectivity index (χ2n) is 6.20. The van der Waals surface area contributed by atoms with Crippen LogP contribution in [0.3, 0.4) is 0 Å². The molecule has 0 unspecified atom stereocenters. The first-order valence-electron chi connectivity index (χ1n) is 8.59. The van der Waals surface area contributed by atoms with Crippen molar-refractivity contribution in [2.24, 2.45) is 0 Å². The lowest BCUT2D eigenvalue weighted by molar-refractivity contribution is -0.118. The van der Waals surface area contributed by atoms with E-state index in [9.17, 15) is 23.2 Å². The number of halogens is 2. The van der Waals surface area contributed by atoms with E-state index in [4.69, 9.17) is 5.73 Å². The van der Waals surface area contributed by atoms with Gasteiger partial charge in [-0.05, 0) is 30.5 Å². The van der Waals surface area contributed by atoms with Crippen LogP contribution in [0.5, 0.6) is 0 Å². The fourth-order valence-electron chi connectivity index (χ4n) is 2.68. The maximum Gasteiger partial charge on any atom is 0.330 e. The van der Waals surface area contributed by atoms with E-state index in [-0.39, 0.29) is 24.3 Å². The molecule has 2 rings (SSSR count). The van der Waals surface area contributed by atoms with E-state index in [1.807, 2.05) is 6.92 Å². The number of carbonyl (C=O) groups excluding carboxylic acids is 1. The topological polar surface area (TPSA) is 101 Å². The molecule has 9 heteroatoms. The molecule has 2 aromatic rings. The smallest absolute Gasteiger partial charge is 0.330 e. The van der Waals surface area contributed by atoms with Crippen molar-refractivity contribution in [1.82, 2.24) is 9.55 Å². The van der Waals surface area contributed by atoms with Gasteiger partial charge in [-0.1, -0.05) is 19.4 Å². The minimum absolute atomic E-state index is 0.0471. The molecule has 0 aliphatic heterocycles. The Morgan fingerprint density at radius 3 is 2.59 bits per heavy atom. The van der Waals surface area contributed by atoms with Gasteiger partial charge in [0.15, 0.2) is 17.3 Å². The molecule has 0 fully saturated rings. The van der Waals surface area contributed by atoms with Crippen molar-refractivity contribution in [3.05, 3.63) is 56.2 Å². The van der Waals surface area contributed by atoms with Crippen molar-refractivity contribution in [2.45, 2.75) is 39.2 Å². The number of aromatic nitrogens is 2. The summed E-state index contributed by atoms with van der Waals surface area (Å²) in [6.07, 6.45) is 1.62. The average molecular weight is 380 g/mol. The first kappa shape index (κ1) is 20.3. The van der Waals surface area contributed by atoms with Gasteiger partial charge in [-0.2, -0.15) is 0 Å². The van der Waals surface area contributed by atoms with Gasteiger partial charge in [-0.25, -0.2) is 13.6 Å². The quantitative estimate of drug-likeness (QED) is 0.765. The van der Waals surface area contributed by atoms with Crippen LogP contribution < -0.4 is 21.9 Å². The zero-order chi connectivity index (χ0) is 20.1. The molecule has 27 heavy (non-hydrogen) atoms. The molecule has 0 saturated heterocycles. The third kappa shape index (κ3) is 4.60. The zero-order valence-corrected chi connectivity index (χ0v) is 15.2. The predicted octanol–water partition coefficient (Wildman–Crippen LogP) is 1.79. The third-order valence-electron chi connectivity index (χ3n) is 4.27. The molecule has 0 bridgehead atoms. The molecule has 0 aliphatic carbocycles. The molecule has 0 radical (unpaired) electrons. The number of nitrogens with one attached hydrogen (secondary N) is 1. The number of nitrogens with zero attached hydrogens (tertiary/aromatic N) is 2. The Bertz CT molecular complexity index is 953. The number of nitrogens with two attached hydrogens (primary N) is 1. The average Bonchev–Trinajstić information content (AvgIpc) is 2.61. The lowest BCUT2D eigenvalue weighted by Crippen LogP contribution is -2.39. The fourth-order valence-corrected chi connectivity index (χ4v) is 2.68. The second kappa shape index (κ2) is 8.61. The summed E-state index contributed by atoms with van der Waals surface area (Å²) in [5.74, 6) is -2.48. The molecule has 0 saturated carbocycles. The van der Waals surface area contributed by atoms with Crippen LogP contribution in [-0.4, -0.2) is 22.5 Å². The van der Waals surface area contributed by atoms with Gasteiger partial charge in [-0.3, -0.25) is 19.1 Å². The molecule has 1 aromatic heterocycles. The molecule has 1 amide bonds. The summed E-state index contributed by atoms with van der Waals surface area (Å²) in [6, 6.07) is 3.40. The molecular formula is C18H22F2N4O3. The van der Waals surface area contributed by atoms with Crippen LogP contribution in [0.1, 0.15) is 31.7 Å². The minimum atomic E-state index is -0.989. The summed E-state index contributed by atoms with van der Waals surface area (Å²) in [6.45, 7) is 2.27. The number of benzene rings is 1. The number of unbranched alkanes of at least 4 members (excludes halogenated alkanes) is 1. The Hall–Kier alpha value is -2.97. The number of rotatable bonds is 7. The van der Waals surface area contributed by atoms with E-state index in [2.05, 4.69) is 4.98 Å². The standard InChI is InChI=1S/C18H22F2N4O3/c1-3-4-9-24-16(21)15(17(26)22-18(24)27)23(2)14(25)8-6-11-5-7-12(19)13(20)10-11/h5,7,10H,3-4,6,8-9,21H2,1-2H3,(H,22,26,27). The number of anilines is 2. The van der Waals surface area contributed by atoms with Crippen molar-refractivity contribution >= 4 is 17.4 Å². The van der Waals surface area contributed by atoms with Crippen LogP contribution in [0.2, 0.25) is 0 Å². The largest absolute Gasteiger partial charge is 0.383 e. The maximum atomic E-state index is 13.3. The number of hydrogen-bond acceptors (Lipinski definition) is 4. The number of H-pyrrole nitrogens is 1. The molecule has 0 spiro atoms. The number of hydrogen-bond donors (Lipinski definition) is 2. The number of aryl methyl sites for hydroxylation is 1. The fraction of sp³-hybridized carbons (Fsp3) is 0.389. The van der Waals surface area contributed by atoms with Gasteiger partial charge in [0.2, 0.25) is 5.91 Å². The Labute approximate surface area is 154 Å². The highest BCUT2D eigenvalue weighted by Gasteiger charge is 2.20. The molecule has 0 atom stereocenters. The molecule has 1 aromatic carbocycles. The van der Waals surface area contributed by atoms with Crippen LogP contribution in [0.25, 0.3) is 0 Å². The van der Waals surface area contributed by atoms with Crippen molar-refractivity contribution < 1.29 is 13.6 Å². The van der Waals surface area contributed by atoms with Crippen LogP contribution in [0.15, 0.2) is 27.8 Å². The van der Waals surface area contributed by atoms with Crippen molar-refractivity contribution in [1.29, 1.82) is 0 Å². The van der Waals surface area contributed by atoms with E-state index in [1.54, 1.807) is 0 Å². The van der Waals surface area contributed by atoms with Gasteiger partial charge in [0, 0.05) is 20.0 Å². The summed E-state index contributed by atoms with van der Waals surface area (Å²) < 4.78 is 27.4. The van der Waals surface area contributed by atoms with Gasteiger partial charge < -0.3 is 10.6 Å². The van der Waals surface area contributed by atoms with Gasteiger partial charge in [0.1, 0.15) is 5.82 Å². The van der Waals surface area contributed by atoms with Gasteiger partial charge in [-0.15, -0.1) is 0 Å². The molecular weight excluding hydrogens is 358 g/mol. The zero-order valence-electron chi connectivity index (χ0n) is 15.2. The monoisotopic (exact) mass is 380 g/mol. The molecule has 1 heterocycles. The summed E-state index contributed by atoms with van der Waals surface area (Å²) in [7, 11) is 1.38. The lowest BCUT2D eigenvalue weighted by atomic mass is 10.1. The Kier molecular flexibility index (Phi) is 6.49. The number of amides is 1. The SMILES string of the molecule is CCCCn1c(N)c(N(C)C(=O)CCc2ccc(F)c(F)c2)c(=O)[nH]c1=O. The van der Waals surface area contributed by atoms with E-state index in [0.717, 1.165) is 23.5 Å². The number of nitrogen functional groups attached to an aromatic ring is 1. The van der Waals surface area contributed by atoms with Crippen molar-refractivity contribution in [3.8, 4) is 0 Å². The highest BCUT2D eigenvalue weighted by Crippen LogP contribution is 2.17. The van der Waals surface area contributed by atoms with Crippen LogP contribution in [0, 0.1) is 11.6 Å². The number of aromatic amines is 1. The van der Waals surface area contributed by atoms with Crippen molar-refractivity contribution in [3.63, 3.8) is 0 Å². The first-order valence-corrected chi connectivity index (χ1v) is 8.59. The molecule has 7 nitrogen and oxygen atoms in total. The molecule has 3 N–H and O–H groups in total.